The number of rotatable bonds is 8. The van der Waals surface area contributed by atoms with E-state index >= 15 is 0 Å². The molecular formula is C18H26N2O2. The van der Waals surface area contributed by atoms with Gasteiger partial charge >= 0.3 is 5.97 Å². The van der Waals surface area contributed by atoms with E-state index in [0.29, 0.717) is 5.75 Å². The van der Waals surface area contributed by atoms with Gasteiger partial charge in [-0.05, 0) is 56.1 Å². The number of esters is 1. The van der Waals surface area contributed by atoms with E-state index in [-0.39, 0.29) is 5.97 Å². The predicted molar refractivity (Wildman–Crippen MR) is 90.3 cm³/mol. The van der Waals surface area contributed by atoms with E-state index in [1.807, 2.05) is 18.2 Å². The monoisotopic (exact) mass is 302 g/mol. The van der Waals surface area contributed by atoms with Gasteiger partial charge in [-0.25, -0.2) is 0 Å². The Morgan fingerprint density at radius 1 is 1.18 bits per heavy atom. The summed E-state index contributed by atoms with van der Waals surface area (Å²) in [6.07, 6.45) is 5.44. The molecule has 0 amide bonds. The number of H-pyrrole nitrogens is 1. The molecule has 0 radical (unpaired) electrons. The standard InChI is InChI=1S/C18H26N2O2/c1-4-9-20(10-5-2)11-8-15-13-19-18-7-6-16(12-17(15)18)22-14(3)21/h6-7,12-13,19H,4-5,8-11H2,1-3H3. The summed E-state index contributed by atoms with van der Waals surface area (Å²) < 4.78 is 5.19. The molecule has 0 aliphatic rings. The highest BCUT2D eigenvalue weighted by Crippen LogP contribution is 2.24. The van der Waals surface area contributed by atoms with Crippen LogP contribution < -0.4 is 4.74 Å². The number of carbonyl (C=O) groups is 1. The average Bonchev–Trinajstić information content (AvgIpc) is 2.87. The number of aromatic nitrogens is 1. The first-order valence-electron chi connectivity index (χ1n) is 8.14. The zero-order valence-corrected chi connectivity index (χ0v) is 13.8. The zero-order chi connectivity index (χ0) is 15.9. The normalized spacial score (nSPS) is 11.3. The first-order valence-corrected chi connectivity index (χ1v) is 8.14. The molecule has 120 valence electrons. The molecule has 0 bridgehead atoms. The Morgan fingerprint density at radius 2 is 1.91 bits per heavy atom. The number of benzene rings is 1. The number of nitrogens with one attached hydrogen (secondary N) is 1. The lowest BCUT2D eigenvalue weighted by Gasteiger charge is -2.20. The van der Waals surface area contributed by atoms with Crippen molar-refractivity contribution >= 4 is 16.9 Å². The summed E-state index contributed by atoms with van der Waals surface area (Å²) in [5.41, 5.74) is 2.37. The van der Waals surface area contributed by atoms with E-state index in [1.165, 1.54) is 25.3 Å². The Labute approximate surface area is 132 Å². The molecule has 2 rings (SSSR count). The second-order valence-corrected chi connectivity index (χ2v) is 5.71. The molecule has 1 heterocycles. The fraction of sp³-hybridized carbons (Fsp3) is 0.500. The van der Waals surface area contributed by atoms with Crippen LogP contribution in [0.3, 0.4) is 0 Å². The quantitative estimate of drug-likeness (QED) is 0.596. The fourth-order valence-electron chi connectivity index (χ4n) is 2.84. The summed E-state index contributed by atoms with van der Waals surface area (Å²) in [6.45, 7) is 9.23. The van der Waals surface area contributed by atoms with Crippen molar-refractivity contribution in [1.29, 1.82) is 0 Å². The first-order chi connectivity index (χ1) is 10.6. The van der Waals surface area contributed by atoms with Crippen LogP contribution in [0.4, 0.5) is 0 Å². The Hall–Kier alpha value is -1.81. The minimum atomic E-state index is -0.284. The second-order valence-electron chi connectivity index (χ2n) is 5.71. The van der Waals surface area contributed by atoms with Crippen molar-refractivity contribution in [2.24, 2.45) is 0 Å². The third kappa shape index (κ3) is 4.34. The molecule has 1 aromatic carbocycles. The van der Waals surface area contributed by atoms with Gasteiger partial charge in [-0.3, -0.25) is 4.79 Å². The lowest BCUT2D eigenvalue weighted by molar-refractivity contribution is -0.131. The SMILES string of the molecule is CCCN(CCC)CCc1c[nH]c2ccc(OC(C)=O)cc12. The molecule has 0 saturated carbocycles. The second kappa shape index (κ2) is 7.99. The van der Waals surface area contributed by atoms with E-state index in [0.717, 1.165) is 37.0 Å². The molecule has 1 N–H and O–H groups in total. The van der Waals surface area contributed by atoms with Gasteiger partial charge in [-0.15, -0.1) is 0 Å². The number of hydrogen-bond donors (Lipinski definition) is 1. The molecule has 4 heteroatoms. The van der Waals surface area contributed by atoms with Gasteiger partial charge in [0.1, 0.15) is 5.75 Å². The summed E-state index contributed by atoms with van der Waals surface area (Å²) in [6, 6.07) is 5.74. The van der Waals surface area contributed by atoms with Crippen molar-refractivity contribution < 1.29 is 9.53 Å². The van der Waals surface area contributed by atoms with Crippen LogP contribution in [0.25, 0.3) is 10.9 Å². The van der Waals surface area contributed by atoms with Crippen LogP contribution >= 0.6 is 0 Å². The maximum Gasteiger partial charge on any atom is 0.308 e. The van der Waals surface area contributed by atoms with Gasteiger partial charge in [0, 0.05) is 30.6 Å². The van der Waals surface area contributed by atoms with Crippen LogP contribution in [0, 0.1) is 0 Å². The highest BCUT2D eigenvalue weighted by atomic mass is 16.5. The Balaban J connectivity index is 2.11. The largest absolute Gasteiger partial charge is 0.427 e. The number of carbonyl (C=O) groups excluding carboxylic acids is 1. The Kier molecular flexibility index (Phi) is 6.01. The molecule has 0 atom stereocenters. The highest BCUT2D eigenvalue weighted by Gasteiger charge is 2.09. The van der Waals surface area contributed by atoms with Crippen LogP contribution in [0.1, 0.15) is 39.2 Å². The van der Waals surface area contributed by atoms with Crippen molar-refractivity contribution in [1.82, 2.24) is 9.88 Å². The third-order valence-corrected chi connectivity index (χ3v) is 3.78. The summed E-state index contributed by atoms with van der Waals surface area (Å²) >= 11 is 0. The van der Waals surface area contributed by atoms with Gasteiger partial charge in [-0.2, -0.15) is 0 Å². The van der Waals surface area contributed by atoms with E-state index in [1.54, 1.807) is 0 Å². The van der Waals surface area contributed by atoms with Gasteiger partial charge in [-0.1, -0.05) is 13.8 Å². The van der Waals surface area contributed by atoms with Crippen molar-refractivity contribution in [3.63, 3.8) is 0 Å². The minimum Gasteiger partial charge on any atom is -0.427 e. The number of ether oxygens (including phenoxy) is 1. The van der Waals surface area contributed by atoms with Gasteiger partial charge < -0.3 is 14.6 Å². The van der Waals surface area contributed by atoms with E-state index in [9.17, 15) is 4.79 Å². The van der Waals surface area contributed by atoms with Gasteiger partial charge in [0.05, 0.1) is 0 Å². The summed E-state index contributed by atoms with van der Waals surface area (Å²) in [5.74, 6) is 0.327. The molecular weight excluding hydrogens is 276 g/mol. The first kappa shape index (κ1) is 16.6. The lowest BCUT2D eigenvalue weighted by atomic mass is 10.1. The number of nitrogens with zero attached hydrogens (tertiary/aromatic N) is 1. The zero-order valence-electron chi connectivity index (χ0n) is 13.8. The summed E-state index contributed by atoms with van der Waals surface area (Å²) in [5, 5.41) is 1.15. The van der Waals surface area contributed by atoms with Gasteiger partial charge in [0.25, 0.3) is 0 Å². The molecule has 0 fully saturated rings. The van der Waals surface area contributed by atoms with Crippen molar-refractivity contribution in [3.8, 4) is 5.75 Å². The maximum atomic E-state index is 11.1. The van der Waals surface area contributed by atoms with Crippen molar-refractivity contribution in [3.05, 3.63) is 30.0 Å². The van der Waals surface area contributed by atoms with E-state index < -0.39 is 0 Å². The topological polar surface area (TPSA) is 45.3 Å². The third-order valence-electron chi connectivity index (χ3n) is 3.78. The van der Waals surface area contributed by atoms with E-state index in [4.69, 9.17) is 4.74 Å². The predicted octanol–water partition coefficient (Wildman–Crippen LogP) is 3.76. The summed E-state index contributed by atoms with van der Waals surface area (Å²) in [4.78, 5) is 16.9. The molecule has 0 unspecified atom stereocenters. The van der Waals surface area contributed by atoms with Crippen LogP contribution in [0.15, 0.2) is 24.4 Å². The molecule has 0 aliphatic heterocycles. The number of aromatic amines is 1. The van der Waals surface area contributed by atoms with Gasteiger partial charge in [0.2, 0.25) is 0 Å². The maximum absolute atomic E-state index is 11.1. The number of hydrogen-bond acceptors (Lipinski definition) is 3. The Bertz CT molecular complexity index is 613. The van der Waals surface area contributed by atoms with Crippen LogP contribution in [-0.4, -0.2) is 35.5 Å². The molecule has 1 aromatic heterocycles. The van der Waals surface area contributed by atoms with Gasteiger partial charge in [0.15, 0.2) is 0 Å². The van der Waals surface area contributed by atoms with Crippen molar-refractivity contribution in [2.45, 2.75) is 40.0 Å². The number of fused-ring (bicyclic) bond motifs is 1. The lowest BCUT2D eigenvalue weighted by Crippen LogP contribution is -2.27. The minimum absolute atomic E-state index is 0.284. The fourth-order valence-corrected chi connectivity index (χ4v) is 2.84. The molecule has 0 saturated heterocycles. The molecule has 4 nitrogen and oxygen atoms in total. The average molecular weight is 302 g/mol. The molecule has 0 aliphatic carbocycles. The highest BCUT2D eigenvalue weighted by molar-refractivity contribution is 5.85. The smallest absolute Gasteiger partial charge is 0.308 e. The molecule has 0 spiro atoms. The Morgan fingerprint density at radius 3 is 2.55 bits per heavy atom. The summed E-state index contributed by atoms with van der Waals surface area (Å²) in [7, 11) is 0. The molecule has 22 heavy (non-hydrogen) atoms. The van der Waals surface area contributed by atoms with E-state index in [2.05, 4.69) is 29.9 Å². The van der Waals surface area contributed by atoms with Crippen molar-refractivity contribution in [2.75, 3.05) is 19.6 Å². The van der Waals surface area contributed by atoms with Crippen LogP contribution in [0.5, 0.6) is 5.75 Å². The van der Waals surface area contributed by atoms with Crippen LogP contribution in [0.2, 0.25) is 0 Å². The molecule has 2 aromatic rings. The van der Waals surface area contributed by atoms with Crippen LogP contribution in [-0.2, 0) is 11.2 Å².